The van der Waals surface area contributed by atoms with Crippen LogP contribution in [-0.2, 0) is 4.79 Å². The number of carbonyl (C=O) groups excluding carboxylic acids is 3. The van der Waals surface area contributed by atoms with Crippen molar-refractivity contribution in [2.75, 3.05) is 12.4 Å². The van der Waals surface area contributed by atoms with Crippen LogP contribution in [0.3, 0.4) is 0 Å². The van der Waals surface area contributed by atoms with Gasteiger partial charge in [-0.3, -0.25) is 29.4 Å². The largest absolute Gasteiger partial charge is 0.495 e. The van der Waals surface area contributed by atoms with Gasteiger partial charge >= 0.3 is 0 Å². The second kappa shape index (κ2) is 7.10. The van der Waals surface area contributed by atoms with Crippen molar-refractivity contribution in [1.82, 2.24) is 4.90 Å². The highest BCUT2D eigenvalue weighted by atomic mass is 16.6. The van der Waals surface area contributed by atoms with Gasteiger partial charge in [-0.15, -0.1) is 0 Å². The van der Waals surface area contributed by atoms with E-state index >= 15 is 0 Å². The molecule has 1 atom stereocenters. The Balaban J connectivity index is 1.90. The molecule has 0 bridgehead atoms. The van der Waals surface area contributed by atoms with Crippen molar-refractivity contribution in [3.63, 3.8) is 0 Å². The fourth-order valence-corrected chi connectivity index (χ4v) is 3.06. The normalized spacial score (nSPS) is 13.9. The summed E-state index contributed by atoms with van der Waals surface area (Å²) in [7, 11) is 1.45. The van der Waals surface area contributed by atoms with Crippen molar-refractivity contribution in [1.29, 1.82) is 0 Å². The first-order valence-corrected chi connectivity index (χ1v) is 8.37. The number of fused-ring (bicyclic) bond motifs is 1. The van der Waals surface area contributed by atoms with Crippen LogP contribution in [0.5, 0.6) is 5.75 Å². The standard InChI is InChI=1S/C19H17N3O6/c1-10-7-8-15(28-3)13(9-10)20-17(23)11(2)21-18(24)12-5-4-6-14(22(26)27)16(12)19(21)25/h4-9,11H,1-3H3,(H,20,23)/t11-/m0/s1. The summed E-state index contributed by atoms with van der Waals surface area (Å²) in [6.45, 7) is 3.22. The van der Waals surface area contributed by atoms with E-state index in [1.165, 1.54) is 26.2 Å². The van der Waals surface area contributed by atoms with Gasteiger partial charge < -0.3 is 10.1 Å². The molecule has 0 fully saturated rings. The third-order valence-corrected chi connectivity index (χ3v) is 4.50. The number of amides is 3. The minimum absolute atomic E-state index is 0.0908. The van der Waals surface area contributed by atoms with Gasteiger partial charge in [-0.25, -0.2) is 0 Å². The van der Waals surface area contributed by atoms with Crippen LogP contribution in [0.15, 0.2) is 36.4 Å². The van der Waals surface area contributed by atoms with Crippen molar-refractivity contribution < 1.29 is 24.0 Å². The van der Waals surface area contributed by atoms with Crippen molar-refractivity contribution in [2.45, 2.75) is 19.9 Å². The molecule has 0 unspecified atom stereocenters. The van der Waals surface area contributed by atoms with Crippen molar-refractivity contribution in [3.05, 3.63) is 63.2 Å². The lowest BCUT2D eigenvalue weighted by atomic mass is 10.1. The number of hydrogen-bond acceptors (Lipinski definition) is 6. The maximum atomic E-state index is 12.7. The number of nitrogens with one attached hydrogen (secondary N) is 1. The minimum Gasteiger partial charge on any atom is -0.495 e. The van der Waals surface area contributed by atoms with Gasteiger partial charge in [0.2, 0.25) is 5.91 Å². The smallest absolute Gasteiger partial charge is 0.282 e. The zero-order valence-corrected chi connectivity index (χ0v) is 15.4. The molecule has 1 heterocycles. The average molecular weight is 383 g/mol. The van der Waals surface area contributed by atoms with E-state index in [-0.39, 0.29) is 11.1 Å². The van der Waals surface area contributed by atoms with Crippen molar-refractivity contribution in [3.8, 4) is 5.75 Å². The van der Waals surface area contributed by atoms with Gasteiger partial charge in [-0.05, 0) is 37.6 Å². The molecule has 0 saturated heterocycles. The van der Waals surface area contributed by atoms with Crippen LogP contribution >= 0.6 is 0 Å². The number of nitrogens with zero attached hydrogens (tertiary/aromatic N) is 2. The number of anilines is 1. The summed E-state index contributed by atoms with van der Waals surface area (Å²) in [6, 6.07) is 7.80. The Hall–Kier alpha value is -3.75. The molecule has 0 spiro atoms. The Bertz CT molecular complexity index is 1020. The highest BCUT2D eigenvalue weighted by Gasteiger charge is 2.44. The fraction of sp³-hybridized carbons (Fsp3) is 0.211. The molecule has 2 aromatic carbocycles. The number of aryl methyl sites for hydroxylation is 1. The SMILES string of the molecule is COc1ccc(C)cc1NC(=O)[C@H](C)N1C(=O)c2cccc([N+](=O)[O-])c2C1=O. The molecule has 3 rings (SSSR count). The molecule has 1 aliphatic rings. The number of carbonyl (C=O) groups is 3. The number of hydrogen-bond donors (Lipinski definition) is 1. The van der Waals surface area contributed by atoms with Crippen LogP contribution in [-0.4, -0.2) is 40.7 Å². The van der Waals surface area contributed by atoms with Crippen LogP contribution in [0.1, 0.15) is 33.2 Å². The van der Waals surface area contributed by atoms with E-state index < -0.39 is 34.4 Å². The fourth-order valence-electron chi connectivity index (χ4n) is 3.06. The summed E-state index contributed by atoms with van der Waals surface area (Å²) >= 11 is 0. The molecule has 2 aromatic rings. The molecule has 1 N–H and O–H groups in total. The van der Waals surface area contributed by atoms with E-state index in [0.29, 0.717) is 11.4 Å². The van der Waals surface area contributed by atoms with Crippen molar-refractivity contribution >= 4 is 29.1 Å². The van der Waals surface area contributed by atoms with Gasteiger partial charge in [-0.1, -0.05) is 12.1 Å². The van der Waals surface area contributed by atoms with Gasteiger partial charge in [0.05, 0.1) is 23.3 Å². The molecule has 3 amide bonds. The Morgan fingerprint density at radius 3 is 2.57 bits per heavy atom. The van der Waals surface area contributed by atoms with E-state index in [0.717, 1.165) is 16.5 Å². The van der Waals surface area contributed by atoms with Crippen LogP contribution in [0, 0.1) is 17.0 Å². The summed E-state index contributed by atoms with van der Waals surface area (Å²) in [5.74, 6) is -1.82. The number of benzene rings is 2. The van der Waals surface area contributed by atoms with Gasteiger partial charge in [0, 0.05) is 6.07 Å². The molecular formula is C19H17N3O6. The highest BCUT2D eigenvalue weighted by molar-refractivity contribution is 6.24. The highest BCUT2D eigenvalue weighted by Crippen LogP contribution is 2.32. The maximum Gasteiger partial charge on any atom is 0.282 e. The van der Waals surface area contributed by atoms with Crippen LogP contribution < -0.4 is 10.1 Å². The van der Waals surface area contributed by atoms with Crippen LogP contribution in [0.2, 0.25) is 0 Å². The molecule has 1 aliphatic heterocycles. The summed E-state index contributed by atoms with van der Waals surface area (Å²) < 4.78 is 5.20. The Labute approximate surface area is 160 Å². The summed E-state index contributed by atoms with van der Waals surface area (Å²) in [5.41, 5.74) is 0.408. The molecule has 144 valence electrons. The van der Waals surface area contributed by atoms with E-state index in [1.807, 2.05) is 6.92 Å². The molecule has 9 heteroatoms. The lowest BCUT2D eigenvalue weighted by Gasteiger charge is -2.22. The third kappa shape index (κ3) is 3.07. The monoisotopic (exact) mass is 383 g/mol. The molecule has 0 aliphatic carbocycles. The molecular weight excluding hydrogens is 366 g/mol. The second-order valence-electron chi connectivity index (χ2n) is 6.31. The molecule has 0 aromatic heterocycles. The minimum atomic E-state index is -1.18. The second-order valence-corrected chi connectivity index (χ2v) is 6.31. The quantitative estimate of drug-likeness (QED) is 0.481. The van der Waals surface area contributed by atoms with E-state index in [4.69, 9.17) is 4.74 Å². The summed E-state index contributed by atoms with van der Waals surface area (Å²) in [6.07, 6.45) is 0. The molecule has 0 radical (unpaired) electrons. The number of ether oxygens (including phenoxy) is 1. The predicted octanol–water partition coefficient (Wildman–Crippen LogP) is 2.54. The predicted molar refractivity (Wildman–Crippen MR) is 99.4 cm³/mol. The summed E-state index contributed by atoms with van der Waals surface area (Å²) in [4.78, 5) is 49.2. The van der Waals surface area contributed by atoms with E-state index in [1.54, 1.807) is 18.2 Å². The lowest BCUT2D eigenvalue weighted by Crippen LogP contribution is -2.45. The van der Waals surface area contributed by atoms with Gasteiger partial charge in [0.25, 0.3) is 17.5 Å². The van der Waals surface area contributed by atoms with Crippen molar-refractivity contribution in [2.24, 2.45) is 0 Å². The van der Waals surface area contributed by atoms with Gasteiger partial charge in [0.1, 0.15) is 17.4 Å². The lowest BCUT2D eigenvalue weighted by molar-refractivity contribution is -0.385. The number of rotatable bonds is 5. The Morgan fingerprint density at radius 1 is 1.21 bits per heavy atom. The molecule has 9 nitrogen and oxygen atoms in total. The average Bonchev–Trinajstić information content (AvgIpc) is 2.92. The molecule has 28 heavy (non-hydrogen) atoms. The first-order valence-electron chi connectivity index (χ1n) is 8.37. The number of methoxy groups -OCH3 is 1. The van der Waals surface area contributed by atoms with Gasteiger partial charge in [-0.2, -0.15) is 0 Å². The van der Waals surface area contributed by atoms with Gasteiger partial charge in [0.15, 0.2) is 0 Å². The summed E-state index contributed by atoms with van der Waals surface area (Å²) in [5, 5.41) is 13.8. The number of nitro benzene ring substituents is 1. The van der Waals surface area contributed by atoms with E-state index in [2.05, 4.69) is 5.32 Å². The van der Waals surface area contributed by atoms with Crippen LogP contribution in [0.4, 0.5) is 11.4 Å². The Kier molecular flexibility index (Phi) is 4.83. The Morgan fingerprint density at radius 2 is 1.93 bits per heavy atom. The third-order valence-electron chi connectivity index (χ3n) is 4.50. The first-order chi connectivity index (χ1) is 13.3. The zero-order chi connectivity index (χ0) is 20.6. The zero-order valence-electron chi connectivity index (χ0n) is 15.4. The van der Waals surface area contributed by atoms with E-state index in [9.17, 15) is 24.5 Å². The first kappa shape index (κ1) is 19.0. The maximum absolute atomic E-state index is 12.7. The number of imide groups is 1. The topological polar surface area (TPSA) is 119 Å². The molecule has 0 saturated carbocycles. The van der Waals surface area contributed by atoms with Crippen LogP contribution in [0.25, 0.3) is 0 Å². The number of nitro groups is 1.